The Morgan fingerprint density at radius 1 is 0.931 bits per heavy atom. The number of nitrogens with one attached hydrogen (secondary N) is 2. The lowest BCUT2D eigenvalue weighted by Crippen LogP contribution is -2.52. The van der Waals surface area contributed by atoms with E-state index in [9.17, 15) is 9.59 Å². The van der Waals surface area contributed by atoms with E-state index in [0.717, 1.165) is 18.4 Å². The molecular formula is C25H32N2O2. The van der Waals surface area contributed by atoms with E-state index in [2.05, 4.69) is 34.9 Å². The maximum atomic E-state index is 13.0. The normalized spacial score (nSPS) is 16.4. The second-order valence-electron chi connectivity index (χ2n) is 8.52. The van der Waals surface area contributed by atoms with Crippen molar-refractivity contribution in [1.82, 2.24) is 10.6 Å². The van der Waals surface area contributed by atoms with Crippen LogP contribution in [0, 0.1) is 5.92 Å². The summed E-state index contributed by atoms with van der Waals surface area (Å²) < 4.78 is 0. The molecule has 0 bridgehead atoms. The van der Waals surface area contributed by atoms with Gasteiger partial charge in [0, 0.05) is 12.0 Å². The molecule has 1 fully saturated rings. The van der Waals surface area contributed by atoms with Crippen molar-refractivity contribution in [3.63, 3.8) is 0 Å². The Kier molecular flexibility index (Phi) is 7.08. The van der Waals surface area contributed by atoms with Gasteiger partial charge in [0.15, 0.2) is 0 Å². The Morgan fingerprint density at radius 3 is 2.10 bits per heavy atom. The van der Waals surface area contributed by atoms with Gasteiger partial charge in [-0.2, -0.15) is 0 Å². The van der Waals surface area contributed by atoms with Gasteiger partial charge in [-0.25, -0.2) is 0 Å². The van der Waals surface area contributed by atoms with E-state index in [1.165, 1.54) is 18.4 Å². The summed E-state index contributed by atoms with van der Waals surface area (Å²) in [5, 5.41) is 6.10. The first-order valence-electron chi connectivity index (χ1n) is 10.7. The Hall–Kier alpha value is -2.62. The predicted octanol–water partition coefficient (Wildman–Crippen LogP) is 4.00. The van der Waals surface area contributed by atoms with Crippen molar-refractivity contribution >= 4 is 11.8 Å². The highest BCUT2D eigenvalue weighted by Gasteiger charge is 2.36. The third-order valence-electron chi connectivity index (χ3n) is 6.02. The lowest BCUT2D eigenvalue weighted by Gasteiger charge is -2.31. The van der Waals surface area contributed by atoms with Gasteiger partial charge in [0.1, 0.15) is 6.04 Å². The lowest BCUT2D eigenvalue weighted by atomic mass is 9.78. The molecule has 1 aliphatic carbocycles. The molecule has 0 heterocycles. The van der Waals surface area contributed by atoms with Crippen LogP contribution in [0.25, 0.3) is 0 Å². The Balaban J connectivity index is 1.62. The molecule has 1 aliphatic rings. The van der Waals surface area contributed by atoms with Crippen molar-refractivity contribution in [1.29, 1.82) is 0 Å². The quantitative estimate of drug-likeness (QED) is 0.713. The van der Waals surface area contributed by atoms with Crippen LogP contribution < -0.4 is 10.6 Å². The van der Waals surface area contributed by atoms with Gasteiger partial charge in [-0.15, -0.1) is 0 Å². The topological polar surface area (TPSA) is 58.2 Å². The van der Waals surface area contributed by atoms with Crippen molar-refractivity contribution < 1.29 is 9.59 Å². The maximum Gasteiger partial charge on any atom is 0.242 e. The monoisotopic (exact) mass is 392 g/mol. The molecule has 4 heteroatoms. The number of rotatable bonds is 8. The second-order valence-corrected chi connectivity index (χ2v) is 8.52. The molecule has 29 heavy (non-hydrogen) atoms. The maximum absolute atomic E-state index is 13.0. The largest absolute Gasteiger partial charge is 0.353 e. The van der Waals surface area contributed by atoms with E-state index in [0.29, 0.717) is 6.54 Å². The first kappa shape index (κ1) is 21.1. The fourth-order valence-electron chi connectivity index (χ4n) is 4.32. The summed E-state index contributed by atoms with van der Waals surface area (Å²) in [7, 11) is 0. The molecule has 1 saturated carbocycles. The molecule has 2 aromatic carbocycles. The van der Waals surface area contributed by atoms with Crippen LogP contribution in [0.2, 0.25) is 0 Å². The molecule has 0 saturated heterocycles. The third-order valence-corrected chi connectivity index (χ3v) is 6.02. The SMILES string of the molecule is CC(C)C(NC(=O)Cc1ccccc1)C(=O)NCC1(c2ccccc2)CCCC1. The van der Waals surface area contributed by atoms with E-state index in [1.54, 1.807) is 0 Å². The Bertz CT molecular complexity index is 796. The summed E-state index contributed by atoms with van der Waals surface area (Å²) in [4.78, 5) is 25.5. The highest BCUT2D eigenvalue weighted by Crippen LogP contribution is 2.40. The minimum absolute atomic E-state index is 0.00645. The summed E-state index contributed by atoms with van der Waals surface area (Å²) in [6.07, 6.45) is 4.83. The fraction of sp³-hybridized carbons (Fsp3) is 0.440. The van der Waals surface area contributed by atoms with Crippen molar-refractivity contribution in [2.75, 3.05) is 6.54 Å². The second kappa shape index (κ2) is 9.73. The van der Waals surface area contributed by atoms with E-state index in [-0.39, 0.29) is 29.6 Å². The molecule has 0 aromatic heterocycles. The minimum Gasteiger partial charge on any atom is -0.353 e. The molecule has 0 aliphatic heterocycles. The zero-order valence-electron chi connectivity index (χ0n) is 17.5. The molecule has 1 atom stereocenters. The molecular weight excluding hydrogens is 360 g/mol. The summed E-state index contributed by atoms with van der Waals surface area (Å²) in [6, 6.07) is 19.6. The first-order chi connectivity index (χ1) is 14.0. The Morgan fingerprint density at radius 2 is 1.52 bits per heavy atom. The van der Waals surface area contributed by atoms with Gasteiger partial charge >= 0.3 is 0 Å². The summed E-state index contributed by atoms with van der Waals surface area (Å²) in [6.45, 7) is 4.55. The summed E-state index contributed by atoms with van der Waals surface area (Å²) in [5.41, 5.74) is 2.25. The fourth-order valence-corrected chi connectivity index (χ4v) is 4.32. The molecule has 0 spiro atoms. The number of benzene rings is 2. The van der Waals surface area contributed by atoms with Gasteiger partial charge in [-0.05, 0) is 29.9 Å². The number of hydrogen-bond donors (Lipinski definition) is 2. The average molecular weight is 393 g/mol. The van der Waals surface area contributed by atoms with Gasteiger partial charge < -0.3 is 10.6 Å². The van der Waals surface area contributed by atoms with Crippen molar-refractivity contribution in [2.24, 2.45) is 5.92 Å². The van der Waals surface area contributed by atoms with Crippen LogP contribution >= 0.6 is 0 Å². The van der Waals surface area contributed by atoms with Crippen molar-refractivity contribution in [2.45, 2.75) is 57.4 Å². The van der Waals surface area contributed by atoms with Crippen LogP contribution in [0.4, 0.5) is 0 Å². The van der Waals surface area contributed by atoms with Crippen LogP contribution in [-0.2, 0) is 21.4 Å². The van der Waals surface area contributed by atoms with Crippen molar-refractivity contribution in [3.05, 3.63) is 71.8 Å². The molecule has 2 aromatic rings. The lowest BCUT2D eigenvalue weighted by molar-refractivity contribution is -0.130. The van der Waals surface area contributed by atoms with E-state index in [1.807, 2.05) is 50.2 Å². The highest BCUT2D eigenvalue weighted by molar-refractivity contribution is 5.88. The van der Waals surface area contributed by atoms with Gasteiger partial charge in [0.2, 0.25) is 11.8 Å². The van der Waals surface area contributed by atoms with E-state index in [4.69, 9.17) is 0 Å². The smallest absolute Gasteiger partial charge is 0.242 e. The molecule has 0 radical (unpaired) electrons. The summed E-state index contributed by atoms with van der Waals surface area (Å²) >= 11 is 0. The van der Waals surface area contributed by atoms with E-state index < -0.39 is 6.04 Å². The number of hydrogen-bond acceptors (Lipinski definition) is 2. The molecule has 2 N–H and O–H groups in total. The molecule has 3 rings (SSSR count). The van der Waals surface area contributed by atoms with Crippen LogP contribution in [-0.4, -0.2) is 24.4 Å². The van der Waals surface area contributed by atoms with E-state index >= 15 is 0 Å². The average Bonchev–Trinajstić information content (AvgIpc) is 3.22. The zero-order chi connectivity index (χ0) is 20.7. The standard InChI is InChI=1S/C25H32N2O2/c1-19(2)23(27-22(28)17-20-11-5-3-6-12-20)24(29)26-18-25(15-9-10-16-25)21-13-7-4-8-14-21/h3-8,11-14,19,23H,9-10,15-18H2,1-2H3,(H,26,29)(H,27,28). The number of amides is 2. The summed E-state index contributed by atoms with van der Waals surface area (Å²) in [5.74, 6) is -0.196. The number of carbonyl (C=O) groups is 2. The van der Waals surface area contributed by atoms with Gasteiger partial charge in [0.25, 0.3) is 0 Å². The highest BCUT2D eigenvalue weighted by atomic mass is 16.2. The molecule has 154 valence electrons. The first-order valence-corrected chi connectivity index (χ1v) is 10.7. The number of carbonyl (C=O) groups excluding carboxylic acids is 2. The van der Waals surface area contributed by atoms with Crippen LogP contribution in [0.15, 0.2) is 60.7 Å². The molecule has 4 nitrogen and oxygen atoms in total. The van der Waals surface area contributed by atoms with Gasteiger partial charge in [-0.3, -0.25) is 9.59 Å². The zero-order valence-corrected chi connectivity index (χ0v) is 17.5. The van der Waals surface area contributed by atoms with Crippen LogP contribution in [0.5, 0.6) is 0 Å². The van der Waals surface area contributed by atoms with Crippen LogP contribution in [0.1, 0.15) is 50.7 Å². The Labute approximate surface area is 174 Å². The third kappa shape index (κ3) is 5.47. The van der Waals surface area contributed by atoms with Crippen LogP contribution in [0.3, 0.4) is 0 Å². The van der Waals surface area contributed by atoms with Crippen molar-refractivity contribution in [3.8, 4) is 0 Å². The van der Waals surface area contributed by atoms with Gasteiger partial charge in [0.05, 0.1) is 6.42 Å². The predicted molar refractivity (Wildman–Crippen MR) is 117 cm³/mol. The minimum atomic E-state index is -0.527. The molecule has 1 unspecified atom stereocenters. The molecule has 2 amide bonds. The van der Waals surface area contributed by atoms with Gasteiger partial charge in [-0.1, -0.05) is 87.4 Å².